The van der Waals surface area contributed by atoms with Gasteiger partial charge in [0.15, 0.2) is 42.0 Å². The summed E-state index contributed by atoms with van der Waals surface area (Å²) in [6.07, 6.45) is -9.80. The van der Waals surface area contributed by atoms with Crippen LogP contribution in [0, 0.1) is 11.8 Å². The Hall–Kier alpha value is -3.92. The Balaban J connectivity index is 1.62. The molecular formula is C32H38O15. The maximum Gasteiger partial charge on any atom is 0.303 e. The normalized spacial score (nSPS) is 35.5. The fraction of sp³-hybridized carbons (Fsp3) is 0.625. The minimum Gasteiger partial charge on any atom is -0.507 e. The van der Waals surface area contributed by atoms with E-state index in [0.29, 0.717) is 0 Å². The lowest BCUT2D eigenvalue weighted by Crippen LogP contribution is -2.66. The van der Waals surface area contributed by atoms with Crippen LogP contribution in [0.2, 0.25) is 0 Å². The second-order valence-electron chi connectivity index (χ2n) is 12.8. The molecule has 5 rings (SSSR count). The number of benzene rings is 1. The van der Waals surface area contributed by atoms with E-state index in [-0.39, 0.29) is 23.3 Å². The number of phenolic OH excluding ortho intramolecular Hbond substituents is 1. The van der Waals surface area contributed by atoms with Gasteiger partial charge in [-0.25, -0.2) is 0 Å². The zero-order valence-electron chi connectivity index (χ0n) is 27.0. The van der Waals surface area contributed by atoms with Crippen molar-refractivity contribution in [2.45, 2.75) is 109 Å². The van der Waals surface area contributed by atoms with Crippen molar-refractivity contribution >= 4 is 35.4 Å². The third-order valence-electron chi connectivity index (χ3n) is 8.64. The van der Waals surface area contributed by atoms with E-state index in [1.807, 2.05) is 0 Å². The van der Waals surface area contributed by atoms with E-state index in [4.69, 9.17) is 37.9 Å². The van der Waals surface area contributed by atoms with Crippen molar-refractivity contribution in [3.63, 3.8) is 0 Å². The summed E-state index contributed by atoms with van der Waals surface area (Å²) in [4.78, 5) is 76.8. The van der Waals surface area contributed by atoms with Crippen LogP contribution in [-0.2, 0) is 57.1 Å². The molecule has 0 unspecified atom stereocenters. The summed E-state index contributed by atoms with van der Waals surface area (Å²) in [7, 11) is 0. The summed E-state index contributed by atoms with van der Waals surface area (Å²) in [5.41, 5.74) is -1.28. The molecule has 47 heavy (non-hydrogen) atoms. The first-order chi connectivity index (χ1) is 21.9. The van der Waals surface area contributed by atoms with E-state index in [2.05, 4.69) is 0 Å². The molecule has 4 aliphatic rings. The second-order valence-corrected chi connectivity index (χ2v) is 12.8. The number of carbonyl (C=O) groups excluding carboxylic acids is 6. The van der Waals surface area contributed by atoms with Crippen LogP contribution in [-0.4, -0.2) is 101 Å². The van der Waals surface area contributed by atoms with Crippen LogP contribution in [0.4, 0.5) is 0 Å². The molecule has 0 spiro atoms. The van der Waals surface area contributed by atoms with Crippen LogP contribution in [0.15, 0.2) is 18.2 Å². The highest BCUT2D eigenvalue weighted by molar-refractivity contribution is 6.17. The monoisotopic (exact) mass is 662 g/mol. The summed E-state index contributed by atoms with van der Waals surface area (Å²) < 4.78 is 46.9. The van der Waals surface area contributed by atoms with Crippen LogP contribution in [0.5, 0.6) is 5.75 Å². The van der Waals surface area contributed by atoms with E-state index in [9.17, 15) is 33.9 Å². The third-order valence-corrected chi connectivity index (χ3v) is 8.64. The fourth-order valence-electron chi connectivity index (χ4n) is 7.19. The number of phenols is 1. The molecule has 2 saturated heterocycles. The Morgan fingerprint density at radius 1 is 0.851 bits per heavy atom. The van der Waals surface area contributed by atoms with Crippen molar-refractivity contribution in [3.05, 3.63) is 29.3 Å². The molecule has 2 aliphatic heterocycles. The Labute approximate surface area is 270 Å². The molecule has 15 nitrogen and oxygen atoms in total. The molecule has 1 aromatic rings. The summed E-state index contributed by atoms with van der Waals surface area (Å²) in [6.45, 7) is 8.96. The lowest BCUT2D eigenvalue weighted by atomic mass is 9.61. The maximum absolute atomic E-state index is 14.2. The Morgan fingerprint density at radius 2 is 1.47 bits per heavy atom. The van der Waals surface area contributed by atoms with Gasteiger partial charge in [-0.1, -0.05) is 12.1 Å². The minimum absolute atomic E-state index is 0.0579. The van der Waals surface area contributed by atoms with Gasteiger partial charge in [0.05, 0.1) is 17.1 Å². The predicted octanol–water partition coefficient (Wildman–Crippen LogP) is 1.79. The lowest BCUT2D eigenvalue weighted by molar-refractivity contribution is -0.329. The zero-order chi connectivity index (χ0) is 34.6. The first-order valence-electron chi connectivity index (χ1n) is 15.2. The van der Waals surface area contributed by atoms with Gasteiger partial charge in [-0.2, -0.15) is 0 Å². The molecule has 256 valence electrons. The molecule has 2 aliphatic carbocycles. The Bertz CT molecular complexity index is 1480. The molecule has 3 fully saturated rings. The first kappa shape index (κ1) is 34.4. The molecule has 0 bridgehead atoms. The number of esters is 4. The van der Waals surface area contributed by atoms with Crippen LogP contribution in [0.25, 0.3) is 0 Å². The number of carbonyl (C=O) groups is 6. The number of ether oxygens (including phenoxy) is 8. The van der Waals surface area contributed by atoms with Gasteiger partial charge in [-0.3, -0.25) is 28.8 Å². The molecule has 10 atom stereocenters. The molecule has 15 heteroatoms. The summed E-state index contributed by atoms with van der Waals surface area (Å²) >= 11 is 0. The van der Waals surface area contributed by atoms with Gasteiger partial charge < -0.3 is 43.0 Å². The zero-order valence-corrected chi connectivity index (χ0v) is 27.0. The van der Waals surface area contributed by atoms with E-state index < -0.39 is 108 Å². The summed E-state index contributed by atoms with van der Waals surface area (Å²) in [5, 5.41) is 10.7. The molecule has 1 aromatic carbocycles. The largest absolute Gasteiger partial charge is 0.507 e. The molecule has 2 heterocycles. The highest BCUT2D eigenvalue weighted by atomic mass is 16.8. The van der Waals surface area contributed by atoms with E-state index in [1.54, 1.807) is 20.8 Å². The van der Waals surface area contributed by atoms with Crippen molar-refractivity contribution in [1.82, 2.24) is 0 Å². The molecule has 0 amide bonds. The summed E-state index contributed by atoms with van der Waals surface area (Å²) in [6, 6.07) is 4.23. The van der Waals surface area contributed by atoms with Crippen molar-refractivity contribution in [3.8, 4) is 5.75 Å². The highest BCUT2D eigenvalue weighted by Crippen LogP contribution is 2.53. The molecule has 1 N–H and O–H groups in total. The summed E-state index contributed by atoms with van der Waals surface area (Å²) in [5.74, 6) is -7.98. The topological polar surface area (TPSA) is 196 Å². The van der Waals surface area contributed by atoms with Crippen molar-refractivity contribution < 1.29 is 71.8 Å². The fourth-order valence-corrected chi connectivity index (χ4v) is 7.19. The van der Waals surface area contributed by atoms with Gasteiger partial charge in [-0.05, 0) is 33.3 Å². The maximum atomic E-state index is 14.2. The van der Waals surface area contributed by atoms with Crippen molar-refractivity contribution in [2.75, 3.05) is 6.61 Å². The average molecular weight is 663 g/mol. The number of rotatable bonds is 7. The molecule has 0 radical (unpaired) electrons. The number of aromatic hydroxyl groups is 1. The van der Waals surface area contributed by atoms with Gasteiger partial charge in [0.25, 0.3) is 0 Å². The van der Waals surface area contributed by atoms with Gasteiger partial charge >= 0.3 is 23.9 Å². The number of hydrogen-bond donors (Lipinski definition) is 1. The number of hydrogen-bond acceptors (Lipinski definition) is 15. The van der Waals surface area contributed by atoms with Crippen LogP contribution >= 0.6 is 0 Å². The highest BCUT2D eigenvalue weighted by Gasteiger charge is 2.66. The standard InChI is InChI=1S/C32H38O15/c1-13(33)40-12-20-25(41-14(2)34)27(42-15(3)35)28(43-16(4)36)30(44-20)45-26-22-18(11-32(7)29(26)46-31(5,6)47-32)23(38)17-9-8-10-19(37)21(17)24(22)39/h8-10,18,20,22,25-30,37H,11-12H2,1-7H3/t18-,20-,22+,25-,26-,27+,28-,29+,30+,32-/m1/s1. The molecule has 1 saturated carbocycles. The smallest absolute Gasteiger partial charge is 0.303 e. The molecule has 0 aromatic heterocycles. The van der Waals surface area contributed by atoms with Crippen molar-refractivity contribution in [2.24, 2.45) is 11.8 Å². The van der Waals surface area contributed by atoms with E-state index >= 15 is 0 Å². The van der Waals surface area contributed by atoms with Crippen LogP contribution < -0.4 is 0 Å². The lowest BCUT2D eigenvalue weighted by Gasteiger charge is -2.50. The van der Waals surface area contributed by atoms with Gasteiger partial charge in [0, 0.05) is 39.2 Å². The minimum atomic E-state index is -1.66. The van der Waals surface area contributed by atoms with Crippen LogP contribution in [0.1, 0.15) is 75.6 Å². The van der Waals surface area contributed by atoms with Crippen molar-refractivity contribution in [1.29, 1.82) is 0 Å². The van der Waals surface area contributed by atoms with Crippen LogP contribution in [0.3, 0.4) is 0 Å². The van der Waals surface area contributed by atoms with E-state index in [0.717, 1.165) is 27.7 Å². The van der Waals surface area contributed by atoms with E-state index in [1.165, 1.54) is 18.2 Å². The second kappa shape index (κ2) is 12.6. The van der Waals surface area contributed by atoms with Gasteiger partial charge in [-0.15, -0.1) is 0 Å². The third kappa shape index (κ3) is 6.62. The Morgan fingerprint density at radius 3 is 2.09 bits per heavy atom. The SMILES string of the molecule is CC(=O)OC[C@H]1O[C@@H](O[C@@H]2[C@@H]3C(=O)c4c(O)cccc4C(=O)[C@@H]3C[C@@]3(C)OC(C)(C)O[C@@H]23)[C@H](OC(C)=O)[C@@H](OC(C)=O)[C@@H]1OC(C)=O. The first-order valence-corrected chi connectivity index (χ1v) is 15.2. The molecular weight excluding hydrogens is 624 g/mol. The van der Waals surface area contributed by atoms with Gasteiger partial charge in [0.1, 0.15) is 30.7 Å². The predicted molar refractivity (Wildman–Crippen MR) is 154 cm³/mol. The Kier molecular flexibility index (Phi) is 9.22. The number of Topliss-reactive ketones (excluding diaryl/α,β-unsaturated/α-hetero) is 2. The number of ketones is 2. The number of fused-ring (bicyclic) bond motifs is 3. The quantitative estimate of drug-likeness (QED) is 0.327. The average Bonchev–Trinajstić information content (AvgIpc) is 3.20. The van der Waals surface area contributed by atoms with Gasteiger partial charge in [0.2, 0.25) is 0 Å².